The van der Waals surface area contributed by atoms with Gasteiger partial charge >= 0.3 is 19.8 Å². The van der Waals surface area contributed by atoms with Gasteiger partial charge in [-0.15, -0.1) is 0 Å². The van der Waals surface area contributed by atoms with Crippen LogP contribution in [0.15, 0.2) is 48.6 Å². The largest absolute Gasteiger partial charge is 0.472 e. The van der Waals surface area contributed by atoms with E-state index in [2.05, 4.69) is 62.5 Å². The van der Waals surface area contributed by atoms with Gasteiger partial charge in [0, 0.05) is 19.4 Å². The predicted molar refractivity (Wildman–Crippen MR) is 247 cm³/mol. The second-order valence-electron chi connectivity index (χ2n) is 16.4. The summed E-state index contributed by atoms with van der Waals surface area (Å²) in [4.78, 5) is 35.0. The average molecular weight is 866 g/mol. The molecule has 1 aliphatic heterocycles. The molecule has 1 fully saturated rings. The number of ether oxygens (including phenoxy) is 3. The molecule has 0 aliphatic carbocycles. The van der Waals surface area contributed by atoms with Crippen molar-refractivity contribution in [2.45, 2.75) is 225 Å². The Morgan fingerprint density at radius 2 is 1.03 bits per heavy atom. The zero-order valence-electron chi connectivity index (χ0n) is 38.1. The fraction of sp³-hybridized carbons (Fsp3) is 0.796. The lowest BCUT2D eigenvalue weighted by Crippen LogP contribution is -2.29. The van der Waals surface area contributed by atoms with Gasteiger partial charge in [-0.1, -0.05) is 165 Å². The Bertz CT molecular complexity index is 1190. The maximum absolute atomic E-state index is 12.6. The second kappa shape index (κ2) is 41.0. The Hall–Kier alpha value is -2.07. The van der Waals surface area contributed by atoms with Gasteiger partial charge in [-0.3, -0.25) is 18.6 Å². The number of unbranched alkanes of at least 4 members (excludes halogenated alkanes) is 21. The van der Waals surface area contributed by atoms with Crippen molar-refractivity contribution in [3.05, 3.63) is 48.6 Å². The number of carbonyl (C=O) groups excluding carboxylic acids is 2. The Balaban J connectivity index is 2.16. The molecule has 1 heterocycles. The Kier molecular flexibility index (Phi) is 38.2. The summed E-state index contributed by atoms with van der Waals surface area (Å²) in [6.45, 7) is 3.64. The van der Waals surface area contributed by atoms with Crippen LogP contribution in [-0.2, 0) is 37.4 Å². The number of epoxide rings is 1. The number of hydrogen-bond acceptors (Lipinski definition) is 9. The van der Waals surface area contributed by atoms with Crippen molar-refractivity contribution >= 4 is 19.8 Å². The van der Waals surface area contributed by atoms with Gasteiger partial charge in [0.15, 0.2) is 6.10 Å². The van der Waals surface area contributed by atoms with Crippen molar-refractivity contribution in [3.8, 4) is 0 Å². The van der Waals surface area contributed by atoms with Gasteiger partial charge in [0.1, 0.15) is 6.61 Å². The van der Waals surface area contributed by atoms with Crippen LogP contribution in [0, 0.1) is 0 Å². The first-order chi connectivity index (χ1) is 29.3. The minimum atomic E-state index is -4.40. The summed E-state index contributed by atoms with van der Waals surface area (Å²) in [6, 6.07) is 0. The summed E-state index contributed by atoms with van der Waals surface area (Å²) in [7, 11) is -4.40. The lowest BCUT2D eigenvalue weighted by Gasteiger charge is -2.19. The van der Waals surface area contributed by atoms with E-state index < -0.39 is 32.5 Å². The molecule has 10 nitrogen and oxygen atoms in total. The minimum absolute atomic E-state index is 0.0430. The molecule has 1 aliphatic rings. The molecule has 1 rings (SSSR count). The van der Waals surface area contributed by atoms with Gasteiger partial charge < -0.3 is 24.8 Å². The highest BCUT2D eigenvalue weighted by Crippen LogP contribution is 2.43. The van der Waals surface area contributed by atoms with Crippen LogP contribution in [0.4, 0.5) is 0 Å². The van der Waals surface area contributed by atoms with Crippen LogP contribution >= 0.6 is 7.82 Å². The van der Waals surface area contributed by atoms with Crippen LogP contribution in [0.1, 0.15) is 206 Å². The van der Waals surface area contributed by atoms with E-state index in [0.717, 1.165) is 51.4 Å². The molecule has 0 radical (unpaired) electrons. The first-order valence-electron chi connectivity index (χ1n) is 24.2. The normalized spacial score (nSPS) is 17.0. The smallest absolute Gasteiger partial charge is 0.462 e. The third-order valence-electron chi connectivity index (χ3n) is 10.6. The maximum Gasteiger partial charge on any atom is 0.472 e. The van der Waals surface area contributed by atoms with Crippen molar-refractivity contribution in [2.24, 2.45) is 5.73 Å². The molecule has 1 saturated heterocycles. The van der Waals surface area contributed by atoms with E-state index in [0.29, 0.717) is 25.0 Å². The van der Waals surface area contributed by atoms with Crippen molar-refractivity contribution in [2.75, 3.05) is 26.4 Å². The molecule has 3 unspecified atom stereocenters. The maximum atomic E-state index is 12.6. The molecule has 0 saturated carbocycles. The van der Waals surface area contributed by atoms with Crippen molar-refractivity contribution in [3.63, 3.8) is 0 Å². The van der Waals surface area contributed by atoms with Gasteiger partial charge in [0.25, 0.3) is 0 Å². The van der Waals surface area contributed by atoms with Crippen LogP contribution in [0.2, 0.25) is 0 Å². The third kappa shape index (κ3) is 37.7. The molecule has 0 bridgehead atoms. The molecule has 11 heteroatoms. The number of allylic oxidation sites excluding steroid dienone is 6. The molecule has 0 spiro atoms. The number of esters is 2. The highest BCUT2D eigenvalue weighted by Gasteiger charge is 2.36. The summed E-state index contributed by atoms with van der Waals surface area (Å²) in [6.07, 6.45) is 50.4. The van der Waals surface area contributed by atoms with E-state index in [-0.39, 0.29) is 32.6 Å². The number of nitrogens with two attached hydrogens (primary N) is 1. The van der Waals surface area contributed by atoms with Crippen LogP contribution < -0.4 is 5.73 Å². The Morgan fingerprint density at radius 3 is 1.63 bits per heavy atom. The molecule has 3 N–H and O–H groups in total. The van der Waals surface area contributed by atoms with E-state index in [1.54, 1.807) is 0 Å². The van der Waals surface area contributed by atoms with Crippen LogP contribution in [0.25, 0.3) is 0 Å². The summed E-state index contributed by atoms with van der Waals surface area (Å²) in [5.41, 5.74) is 5.36. The molecular formula is C49H88NO9P. The summed E-state index contributed by atoms with van der Waals surface area (Å²) < 4.78 is 38.6. The zero-order valence-corrected chi connectivity index (χ0v) is 39.0. The number of rotatable bonds is 44. The summed E-state index contributed by atoms with van der Waals surface area (Å²) >= 11 is 0. The molecule has 4 atom stereocenters. The van der Waals surface area contributed by atoms with Gasteiger partial charge in [0.2, 0.25) is 0 Å². The quantitative estimate of drug-likeness (QED) is 0.0199. The molecule has 0 aromatic rings. The first kappa shape index (κ1) is 55.9. The molecule has 60 heavy (non-hydrogen) atoms. The molecule has 0 aromatic carbocycles. The Labute approximate surface area is 366 Å². The van der Waals surface area contributed by atoms with E-state index in [1.165, 1.54) is 116 Å². The highest BCUT2D eigenvalue weighted by atomic mass is 31.2. The number of hydrogen-bond donors (Lipinski definition) is 2. The second-order valence-corrected chi connectivity index (χ2v) is 17.8. The lowest BCUT2D eigenvalue weighted by atomic mass is 10.0. The first-order valence-corrected chi connectivity index (χ1v) is 25.7. The monoisotopic (exact) mass is 866 g/mol. The fourth-order valence-corrected chi connectivity index (χ4v) is 7.61. The third-order valence-corrected chi connectivity index (χ3v) is 11.6. The van der Waals surface area contributed by atoms with E-state index in [4.69, 9.17) is 29.0 Å². The molecule has 0 amide bonds. The Morgan fingerprint density at radius 1 is 0.583 bits per heavy atom. The molecule has 348 valence electrons. The fourth-order valence-electron chi connectivity index (χ4n) is 6.84. The number of phosphoric acid groups is 1. The summed E-state index contributed by atoms with van der Waals surface area (Å²) in [5, 5.41) is 0. The van der Waals surface area contributed by atoms with E-state index in [9.17, 15) is 19.0 Å². The van der Waals surface area contributed by atoms with Crippen LogP contribution in [-0.4, -0.2) is 61.5 Å². The standard InChI is InChI=1S/C49H88NO9P/c1-3-5-7-9-11-12-13-14-15-16-17-18-19-20-21-22-23-24-27-32-36-40-49(52)58-45(44-57-60(53,54)56-42-41-50)43-55-48(51)39-35-31-28-25-26-30-34-38-47-46(59-47)37-33-29-10-8-6-4-2/h14-15,25,28-30,33-34,45-47H,3-13,16-24,26-27,31-32,35-44,50H2,1-2H3,(H,53,54)/b15-14-,28-25-,33-29-,34-30-/t45-,46?,47?/m1/s1. The van der Waals surface area contributed by atoms with Crippen molar-refractivity contribution in [1.29, 1.82) is 0 Å². The lowest BCUT2D eigenvalue weighted by molar-refractivity contribution is -0.161. The SMILES string of the molecule is CCCCC/C=C\CC1OC1C/C=C\C/C=C\CCCC(=O)OC[C@H](COP(=O)(O)OCCN)OC(=O)CCCCCCCCCCCCC/C=C\CCCCCCCC. The van der Waals surface area contributed by atoms with Crippen LogP contribution in [0.3, 0.4) is 0 Å². The number of phosphoric ester groups is 1. The summed E-state index contributed by atoms with van der Waals surface area (Å²) in [5.74, 6) is -0.898. The van der Waals surface area contributed by atoms with Gasteiger partial charge in [0.05, 0.1) is 25.4 Å². The van der Waals surface area contributed by atoms with E-state index in [1.807, 2.05) is 0 Å². The van der Waals surface area contributed by atoms with E-state index >= 15 is 0 Å². The highest BCUT2D eigenvalue weighted by molar-refractivity contribution is 7.47. The van der Waals surface area contributed by atoms with Gasteiger partial charge in [-0.05, 0) is 77.0 Å². The zero-order chi connectivity index (χ0) is 43.6. The predicted octanol–water partition coefficient (Wildman–Crippen LogP) is 13.3. The molecule has 0 aromatic heterocycles. The topological polar surface area (TPSA) is 147 Å². The van der Waals surface area contributed by atoms with Gasteiger partial charge in [-0.25, -0.2) is 4.57 Å². The number of carbonyl (C=O) groups is 2. The van der Waals surface area contributed by atoms with Crippen molar-refractivity contribution < 1.29 is 42.3 Å². The molecular weight excluding hydrogens is 778 g/mol. The van der Waals surface area contributed by atoms with Crippen LogP contribution in [0.5, 0.6) is 0 Å². The average Bonchev–Trinajstić information content (AvgIpc) is 3.99. The minimum Gasteiger partial charge on any atom is -0.462 e. The van der Waals surface area contributed by atoms with Crippen molar-refractivity contribution in [1.82, 2.24) is 0 Å². The van der Waals surface area contributed by atoms with Gasteiger partial charge in [-0.2, -0.15) is 0 Å².